The van der Waals surface area contributed by atoms with E-state index in [9.17, 15) is 9.90 Å². The predicted octanol–water partition coefficient (Wildman–Crippen LogP) is 3.45. The Hall–Kier alpha value is -0.910. The summed E-state index contributed by atoms with van der Waals surface area (Å²) in [5.74, 6) is -0.0520. The normalized spacial score (nSPS) is 42.4. The molecule has 1 N–H and O–H groups in total. The van der Waals surface area contributed by atoms with Gasteiger partial charge >= 0.3 is 5.97 Å². The first-order chi connectivity index (χ1) is 12.2. The maximum absolute atomic E-state index is 11.7. The molecular formula is C21H34O5. The van der Waals surface area contributed by atoms with Crippen LogP contribution in [0.15, 0.2) is 12.7 Å². The van der Waals surface area contributed by atoms with Crippen LogP contribution in [0.4, 0.5) is 0 Å². The van der Waals surface area contributed by atoms with E-state index in [4.69, 9.17) is 14.2 Å². The average Bonchev–Trinajstić information content (AvgIpc) is 2.79. The number of aliphatic hydroxyl groups excluding tert-OH is 1. The van der Waals surface area contributed by atoms with Crippen molar-refractivity contribution in [2.45, 2.75) is 83.9 Å². The highest BCUT2D eigenvalue weighted by molar-refractivity contribution is 5.66. The molecule has 0 aromatic rings. The standard InChI is InChI=1S/C21H34O5/c1-6-7-9-15(23)18-13(2)16(25-14(3)22)12-17-20(4,5)26-19-21(17,18)10-8-11-24-19/h6,13,15-19,23H,1,7-12H2,2-5H3/t13-,15+,16-,17-,18+,19-,21+/m0/s1. The molecule has 1 spiro atoms. The molecule has 3 rings (SSSR count). The molecule has 5 heteroatoms. The molecule has 2 heterocycles. The molecule has 0 aromatic heterocycles. The summed E-state index contributed by atoms with van der Waals surface area (Å²) in [5, 5.41) is 11.2. The zero-order chi connectivity index (χ0) is 19.1. The Labute approximate surface area is 157 Å². The van der Waals surface area contributed by atoms with E-state index in [1.165, 1.54) is 6.92 Å². The lowest BCUT2D eigenvalue weighted by molar-refractivity contribution is -0.246. The quantitative estimate of drug-likeness (QED) is 0.596. The molecule has 148 valence electrons. The molecule has 7 atom stereocenters. The lowest BCUT2D eigenvalue weighted by Gasteiger charge is -2.56. The summed E-state index contributed by atoms with van der Waals surface area (Å²) in [4.78, 5) is 11.7. The first-order valence-electron chi connectivity index (χ1n) is 9.99. The molecule has 3 fully saturated rings. The number of hydrogen-bond acceptors (Lipinski definition) is 5. The number of esters is 1. The second kappa shape index (κ2) is 7.25. The molecule has 5 nitrogen and oxygen atoms in total. The molecule has 0 radical (unpaired) electrons. The van der Waals surface area contributed by atoms with E-state index < -0.39 is 6.10 Å². The van der Waals surface area contributed by atoms with E-state index in [2.05, 4.69) is 27.4 Å². The molecule has 0 amide bonds. The molecule has 26 heavy (non-hydrogen) atoms. The SMILES string of the molecule is C=CCC[C@@H](O)[C@H]1[C@@H](C)[C@@H](OC(C)=O)C[C@H]2C(C)(C)O[C@@H]3OCCC[C@]312. The van der Waals surface area contributed by atoms with E-state index in [1.54, 1.807) is 0 Å². The van der Waals surface area contributed by atoms with Crippen LogP contribution in [0, 0.1) is 23.2 Å². The number of allylic oxidation sites excluding steroid dienone is 1. The Bertz CT molecular complexity index is 545. The number of carbonyl (C=O) groups excluding carboxylic acids is 1. The van der Waals surface area contributed by atoms with Crippen molar-refractivity contribution in [1.29, 1.82) is 0 Å². The Morgan fingerprint density at radius 1 is 1.46 bits per heavy atom. The van der Waals surface area contributed by atoms with Crippen LogP contribution in [0.5, 0.6) is 0 Å². The van der Waals surface area contributed by atoms with E-state index in [1.807, 2.05) is 6.08 Å². The maximum atomic E-state index is 11.7. The zero-order valence-corrected chi connectivity index (χ0v) is 16.6. The first kappa shape index (κ1) is 19.8. The zero-order valence-electron chi connectivity index (χ0n) is 16.6. The molecule has 2 saturated heterocycles. The van der Waals surface area contributed by atoms with Crippen LogP contribution in [0.1, 0.15) is 59.8 Å². The maximum Gasteiger partial charge on any atom is 0.302 e. The monoisotopic (exact) mass is 366 g/mol. The van der Waals surface area contributed by atoms with Crippen molar-refractivity contribution in [3.63, 3.8) is 0 Å². The Balaban J connectivity index is 2.02. The van der Waals surface area contributed by atoms with Crippen molar-refractivity contribution in [3.8, 4) is 0 Å². The molecular weight excluding hydrogens is 332 g/mol. The summed E-state index contributed by atoms with van der Waals surface area (Å²) in [7, 11) is 0. The summed E-state index contributed by atoms with van der Waals surface area (Å²) >= 11 is 0. The van der Waals surface area contributed by atoms with Crippen molar-refractivity contribution in [1.82, 2.24) is 0 Å². The molecule has 0 bridgehead atoms. The lowest BCUT2D eigenvalue weighted by Crippen LogP contribution is -2.60. The third kappa shape index (κ3) is 3.12. The fraction of sp³-hybridized carbons (Fsp3) is 0.857. The summed E-state index contributed by atoms with van der Waals surface area (Å²) in [6.45, 7) is 12.3. The summed E-state index contributed by atoms with van der Waals surface area (Å²) in [5.41, 5.74) is -0.595. The average molecular weight is 366 g/mol. The number of ether oxygens (including phenoxy) is 3. The number of rotatable bonds is 5. The van der Waals surface area contributed by atoms with Crippen molar-refractivity contribution in [3.05, 3.63) is 12.7 Å². The smallest absolute Gasteiger partial charge is 0.302 e. The Kier molecular flexibility index (Phi) is 5.53. The van der Waals surface area contributed by atoms with Crippen molar-refractivity contribution in [2.24, 2.45) is 23.2 Å². The minimum absolute atomic E-state index is 0.0300. The Morgan fingerprint density at radius 3 is 2.85 bits per heavy atom. The Morgan fingerprint density at radius 2 is 2.19 bits per heavy atom. The van der Waals surface area contributed by atoms with Crippen LogP contribution >= 0.6 is 0 Å². The lowest BCUT2D eigenvalue weighted by atomic mass is 9.50. The third-order valence-electron chi connectivity index (χ3n) is 7.00. The highest BCUT2D eigenvalue weighted by Crippen LogP contribution is 2.65. The van der Waals surface area contributed by atoms with Crippen molar-refractivity contribution >= 4 is 5.97 Å². The van der Waals surface area contributed by atoms with Gasteiger partial charge in [-0.25, -0.2) is 0 Å². The largest absolute Gasteiger partial charge is 0.462 e. The molecule has 3 aliphatic rings. The van der Waals surface area contributed by atoms with Crippen LogP contribution in [0.3, 0.4) is 0 Å². The second-order valence-electron chi connectivity index (χ2n) is 8.89. The summed E-state index contributed by atoms with van der Waals surface area (Å²) < 4.78 is 18.2. The van der Waals surface area contributed by atoms with E-state index in [-0.39, 0.29) is 47.1 Å². The van der Waals surface area contributed by atoms with Gasteiger partial charge in [0.05, 0.1) is 11.7 Å². The molecule has 2 aliphatic heterocycles. The number of hydrogen-bond donors (Lipinski definition) is 1. The fourth-order valence-corrected chi connectivity index (χ4v) is 6.10. The van der Waals surface area contributed by atoms with Gasteiger partial charge in [-0.2, -0.15) is 0 Å². The van der Waals surface area contributed by atoms with Crippen molar-refractivity contribution in [2.75, 3.05) is 6.61 Å². The first-order valence-corrected chi connectivity index (χ1v) is 9.99. The third-order valence-corrected chi connectivity index (χ3v) is 7.00. The summed E-state index contributed by atoms with van der Waals surface area (Å²) in [6.07, 6.45) is 5.01. The van der Waals surface area contributed by atoms with Crippen LogP contribution in [-0.4, -0.2) is 41.8 Å². The van der Waals surface area contributed by atoms with Gasteiger partial charge in [0.1, 0.15) is 6.10 Å². The highest BCUT2D eigenvalue weighted by atomic mass is 16.7. The van der Waals surface area contributed by atoms with Crippen molar-refractivity contribution < 1.29 is 24.1 Å². The van der Waals surface area contributed by atoms with Gasteiger partial charge in [0, 0.05) is 30.8 Å². The van der Waals surface area contributed by atoms with Gasteiger partial charge in [0.15, 0.2) is 6.29 Å². The molecule has 1 aliphatic carbocycles. The number of carbonyl (C=O) groups is 1. The van der Waals surface area contributed by atoms with Gasteiger partial charge < -0.3 is 19.3 Å². The van der Waals surface area contributed by atoms with Gasteiger partial charge in [-0.15, -0.1) is 6.58 Å². The second-order valence-corrected chi connectivity index (χ2v) is 8.89. The highest BCUT2D eigenvalue weighted by Gasteiger charge is 2.69. The van der Waals surface area contributed by atoms with Gasteiger partial charge in [-0.3, -0.25) is 4.79 Å². The van der Waals surface area contributed by atoms with E-state index in [0.29, 0.717) is 13.0 Å². The van der Waals surface area contributed by atoms with Crippen LogP contribution in [-0.2, 0) is 19.0 Å². The van der Waals surface area contributed by atoms with E-state index in [0.717, 1.165) is 25.7 Å². The minimum atomic E-state index is -0.495. The fourth-order valence-electron chi connectivity index (χ4n) is 6.10. The van der Waals surface area contributed by atoms with Crippen LogP contribution in [0.2, 0.25) is 0 Å². The van der Waals surface area contributed by atoms with Gasteiger partial charge in [0.2, 0.25) is 0 Å². The summed E-state index contributed by atoms with van der Waals surface area (Å²) in [6, 6.07) is 0. The number of aliphatic hydroxyl groups is 1. The van der Waals surface area contributed by atoms with E-state index >= 15 is 0 Å². The predicted molar refractivity (Wildman–Crippen MR) is 98.3 cm³/mol. The molecule has 0 aromatic carbocycles. The topological polar surface area (TPSA) is 65.0 Å². The minimum Gasteiger partial charge on any atom is -0.462 e. The molecule has 1 saturated carbocycles. The van der Waals surface area contributed by atoms with Crippen LogP contribution < -0.4 is 0 Å². The molecule has 0 unspecified atom stereocenters. The van der Waals surface area contributed by atoms with Gasteiger partial charge in [-0.1, -0.05) is 13.0 Å². The van der Waals surface area contributed by atoms with Gasteiger partial charge in [0.25, 0.3) is 0 Å². The van der Waals surface area contributed by atoms with Crippen LogP contribution in [0.25, 0.3) is 0 Å². The van der Waals surface area contributed by atoms with Gasteiger partial charge in [-0.05, 0) is 51.9 Å².